The second-order valence-corrected chi connectivity index (χ2v) is 4.50. The summed E-state index contributed by atoms with van der Waals surface area (Å²) >= 11 is 0. The van der Waals surface area contributed by atoms with Crippen molar-refractivity contribution in [2.75, 3.05) is 32.8 Å². The van der Waals surface area contributed by atoms with Crippen molar-refractivity contribution < 1.29 is 4.74 Å². The van der Waals surface area contributed by atoms with Gasteiger partial charge in [0.1, 0.15) is 0 Å². The van der Waals surface area contributed by atoms with Crippen molar-refractivity contribution in [3.8, 4) is 0 Å². The highest BCUT2D eigenvalue weighted by Gasteiger charge is 2.04. The Bertz CT molecular complexity index is 327. The van der Waals surface area contributed by atoms with E-state index in [9.17, 15) is 0 Å². The maximum Gasteiger partial charge on any atom is 0.0593 e. The Morgan fingerprint density at radius 1 is 1.26 bits per heavy atom. The molecule has 108 valence electrons. The van der Waals surface area contributed by atoms with Gasteiger partial charge in [0.2, 0.25) is 0 Å². The van der Waals surface area contributed by atoms with Crippen LogP contribution in [0.25, 0.3) is 0 Å². The minimum atomic E-state index is 0.787. The number of likely N-dealkylation sites (N-methyl/N-ethyl adjacent to an activating group) is 1. The monoisotopic (exact) mass is 265 g/mol. The van der Waals surface area contributed by atoms with Gasteiger partial charge in [-0.1, -0.05) is 19.9 Å². The zero-order valence-electron chi connectivity index (χ0n) is 12.5. The molecule has 4 heteroatoms. The van der Waals surface area contributed by atoms with Crippen LogP contribution in [0.4, 0.5) is 0 Å². The lowest BCUT2D eigenvalue weighted by molar-refractivity contribution is 0.112. The Morgan fingerprint density at radius 2 is 2.11 bits per heavy atom. The van der Waals surface area contributed by atoms with Gasteiger partial charge in [-0.25, -0.2) is 0 Å². The predicted molar refractivity (Wildman–Crippen MR) is 79.1 cm³/mol. The van der Waals surface area contributed by atoms with Crippen LogP contribution in [0, 0.1) is 0 Å². The summed E-state index contributed by atoms with van der Waals surface area (Å²) in [5.74, 6) is 0. The molecular formula is C15H27N3O. The smallest absolute Gasteiger partial charge is 0.0593 e. The molecule has 1 rings (SSSR count). The van der Waals surface area contributed by atoms with Crippen LogP contribution in [0.2, 0.25) is 0 Å². The van der Waals surface area contributed by atoms with Gasteiger partial charge in [0, 0.05) is 32.4 Å². The third-order valence-electron chi connectivity index (χ3n) is 3.05. The summed E-state index contributed by atoms with van der Waals surface area (Å²) in [6.45, 7) is 12.7. The summed E-state index contributed by atoms with van der Waals surface area (Å²) in [6, 6.07) is 4.28. The van der Waals surface area contributed by atoms with E-state index in [1.54, 1.807) is 0 Å². The molecule has 0 aliphatic heterocycles. The Kier molecular flexibility index (Phi) is 8.38. The number of nitrogens with zero attached hydrogens (tertiary/aromatic N) is 2. The van der Waals surface area contributed by atoms with E-state index in [-0.39, 0.29) is 0 Å². The molecule has 0 fully saturated rings. The minimum Gasteiger partial charge on any atom is -0.380 e. The second-order valence-electron chi connectivity index (χ2n) is 4.50. The molecule has 0 saturated carbocycles. The molecule has 0 aromatic carbocycles. The van der Waals surface area contributed by atoms with E-state index in [0.717, 1.165) is 51.6 Å². The van der Waals surface area contributed by atoms with Crippen LogP contribution in [0.3, 0.4) is 0 Å². The Labute approximate surface area is 117 Å². The molecule has 0 amide bonds. The highest BCUT2D eigenvalue weighted by Crippen LogP contribution is 2.04. The van der Waals surface area contributed by atoms with Gasteiger partial charge in [-0.05, 0) is 31.6 Å². The number of ether oxygens (including phenoxy) is 1. The zero-order chi connectivity index (χ0) is 13.9. The van der Waals surface area contributed by atoms with Crippen LogP contribution < -0.4 is 5.32 Å². The SMILES string of the molecule is CCNCc1ccc(CN(CC)CCOCC)nc1. The molecule has 1 aromatic heterocycles. The second kappa shape index (κ2) is 9.89. The van der Waals surface area contributed by atoms with Crippen molar-refractivity contribution in [2.45, 2.75) is 33.9 Å². The van der Waals surface area contributed by atoms with E-state index in [2.05, 4.69) is 41.2 Å². The number of aromatic nitrogens is 1. The van der Waals surface area contributed by atoms with Gasteiger partial charge in [0.15, 0.2) is 0 Å². The van der Waals surface area contributed by atoms with E-state index < -0.39 is 0 Å². The lowest BCUT2D eigenvalue weighted by Gasteiger charge is -2.19. The number of pyridine rings is 1. The minimum absolute atomic E-state index is 0.787. The molecule has 0 aliphatic carbocycles. The summed E-state index contributed by atoms with van der Waals surface area (Å²) in [5.41, 5.74) is 2.36. The van der Waals surface area contributed by atoms with Gasteiger partial charge >= 0.3 is 0 Å². The van der Waals surface area contributed by atoms with Crippen LogP contribution >= 0.6 is 0 Å². The third-order valence-corrected chi connectivity index (χ3v) is 3.05. The molecule has 0 saturated heterocycles. The maximum atomic E-state index is 5.40. The zero-order valence-corrected chi connectivity index (χ0v) is 12.5. The first-order valence-corrected chi connectivity index (χ1v) is 7.24. The summed E-state index contributed by atoms with van der Waals surface area (Å²) in [6.07, 6.45) is 1.97. The standard InChI is InChI=1S/C15H27N3O/c1-4-16-11-14-7-8-15(17-12-14)13-18(5-2)9-10-19-6-3/h7-8,12,16H,4-6,9-11,13H2,1-3H3. The van der Waals surface area contributed by atoms with Gasteiger partial charge in [-0.2, -0.15) is 0 Å². The Balaban J connectivity index is 2.41. The number of nitrogens with one attached hydrogen (secondary N) is 1. The van der Waals surface area contributed by atoms with Crippen LogP contribution in [-0.2, 0) is 17.8 Å². The van der Waals surface area contributed by atoms with Crippen LogP contribution in [-0.4, -0.2) is 42.7 Å². The molecule has 0 unspecified atom stereocenters. The largest absolute Gasteiger partial charge is 0.380 e. The molecule has 19 heavy (non-hydrogen) atoms. The predicted octanol–water partition coefficient (Wildman–Crippen LogP) is 2.05. The van der Waals surface area contributed by atoms with Crippen LogP contribution in [0.15, 0.2) is 18.3 Å². The van der Waals surface area contributed by atoms with Gasteiger partial charge < -0.3 is 10.1 Å². The summed E-state index contributed by atoms with van der Waals surface area (Å²) in [4.78, 5) is 6.87. The lowest BCUT2D eigenvalue weighted by atomic mass is 10.2. The first kappa shape index (κ1) is 16.1. The normalized spacial score (nSPS) is 11.2. The quantitative estimate of drug-likeness (QED) is 0.657. The summed E-state index contributed by atoms with van der Waals surface area (Å²) in [7, 11) is 0. The highest BCUT2D eigenvalue weighted by atomic mass is 16.5. The molecule has 0 radical (unpaired) electrons. The van der Waals surface area contributed by atoms with E-state index in [4.69, 9.17) is 4.74 Å². The van der Waals surface area contributed by atoms with Crippen molar-refractivity contribution in [3.63, 3.8) is 0 Å². The van der Waals surface area contributed by atoms with Crippen molar-refractivity contribution >= 4 is 0 Å². The average molecular weight is 265 g/mol. The lowest BCUT2D eigenvalue weighted by Crippen LogP contribution is -2.27. The van der Waals surface area contributed by atoms with E-state index >= 15 is 0 Å². The molecule has 0 atom stereocenters. The fourth-order valence-corrected chi connectivity index (χ4v) is 1.84. The molecule has 1 aromatic rings. The van der Waals surface area contributed by atoms with E-state index in [1.807, 2.05) is 13.1 Å². The van der Waals surface area contributed by atoms with Gasteiger partial charge in [-0.15, -0.1) is 0 Å². The molecule has 1 N–H and O–H groups in total. The van der Waals surface area contributed by atoms with Crippen LogP contribution in [0.5, 0.6) is 0 Å². The average Bonchev–Trinajstić information content (AvgIpc) is 2.45. The molecule has 1 heterocycles. The molecule has 4 nitrogen and oxygen atoms in total. The third kappa shape index (κ3) is 6.66. The fourth-order valence-electron chi connectivity index (χ4n) is 1.84. The Hall–Kier alpha value is -0.970. The molecule has 0 aliphatic rings. The number of hydrogen-bond acceptors (Lipinski definition) is 4. The summed E-state index contributed by atoms with van der Waals surface area (Å²) in [5, 5.41) is 3.30. The first-order chi connectivity index (χ1) is 9.30. The van der Waals surface area contributed by atoms with Gasteiger partial charge in [-0.3, -0.25) is 9.88 Å². The van der Waals surface area contributed by atoms with Crippen molar-refractivity contribution in [1.82, 2.24) is 15.2 Å². The van der Waals surface area contributed by atoms with Crippen molar-refractivity contribution in [3.05, 3.63) is 29.6 Å². The number of hydrogen-bond donors (Lipinski definition) is 1. The molecule has 0 bridgehead atoms. The molecule has 0 spiro atoms. The summed E-state index contributed by atoms with van der Waals surface area (Å²) < 4.78 is 5.40. The maximum absolute atomic E-state index is 5.40. The van der Waals surface area contributed by atoms with Crippen LogP contribution in [0.1, 0.15) is 32.0 Å². The highest BCUT2D eigenvalue weighted by molar-refractivity contribution is 5.13. The fraction of sp³-hybridized carbons (Fsp3) is 0.667. The van der Waals surface area contributed by atoms with E-state index in [1.165, 1.54) is 5.56 Å². The van der Waals surface area contributed by atoms with Crippen molar-refractivity contribution in [1.29, 1.82) is 0 Å². The Morgan fingerprint density at radius 3 is 2.68 bits per heavy atom. The van der Waals surface area contributed by atoms with E-state index in [0.29, 0.717) is 0 Å². The van der Waals surface area contributed by atoms with Crippen molar-refractivity contribution in [2.24, 2.45) is 0 Å². The topological polar surface area (TPSA) is 37.4 Å². The van der Waals surface area contributed by atoms with Gasteiger partial charge in [0.05, 0.1) is 12.3 Å². The first-order valence-electron chi connectivity index (χ1n) is 7.24. The molecular weight excluding hydrogens is 238 g/mol. The van der Waals surface area contributed by atoms with Gasteiger partial charge in [0.25, 0.3) is 0 Å². The number of rotatable bonds is 10.